The standard InChI is InChI=1S/C18H17F3O/c1-2-3-4-5-13-6-8-14(9-7-13)15-10-11-17(16(19)12-15)22-18(20)21/h2-3,6-12,18H,4-5H2,1H3. The maximum atomic E-state index is 13.7. The van der Waals surface area contributed by atoms with Gasteiger partial charge in [-0.1, -0.05) is 42.5 Å². The minimum atomic E-state index is -3.03. The van der Waals surface area contributed by atoms with Crippen molar-refractivity contribution in [3.8, 4) is 16.9 Å². The fourth-order valence-corrected chi connectivity index (χ4v) is 2.15. The van der Waals surface area contributed by atoms with E-state index in [1.54, 1.807) is 6.07 Å². The molecular weight excluding hydrogens is 289 g/mol. The summed E-state index contributed by atoms with van der Waals surface area (Å²) in [6.45, 7) is -1.05. The third-order valence-electron chi connectivity index (χ3n) is 3.27. The number of benzene rings is 2. The lowest BCUT2D eigenvalue weighted by atomic mass is 10.0. The molecule has 0 aromatic heterocycles. The van der Waals surface area contributed by atoms with Gasteiger partial charge in [0.05, 0.1) is 0 Å². The van der Waals surface area contributed by atoms with Gasteiger partial charge in [-0.05, 0) is 48.6 Å². The summed E-state index contributed by atoms with van der Waals surface area (Å²) in [6.07, 6.45) is 6.04. The largest absolute Gasteiger partial charge is 0.432 e. The van der Waals surface area contributed by atoms with Crippen molar-refractivity contribution in [2.75, 3.05) is 0 Å². The molecule has 0 saturated carbocycles. The van der Waals surface area contributed by atoms with Gasteiger partial charge in [-0.15, -0.1) is 0 Å². The van der Waals surface area contributed by atoms with E-state index < -0.39 is 18.2 Å². The second-order valence-corrected chi connectivity index (χ2v) is 4.83. The first-order chi connectivity index (χ1) is 10.6. The van der Waals surface area contributed by atoms with E-state index in [0.29, 0.717) is 5.56 Å². The first-order valence-corrected chi connectivity index (χ1v) is 7.05. The molecule has 2 aromatic rings. The van der Waals surface area contributed by atoms with Gasteiger partial charge >= 0.3 is 6.61 Å². The van der Waals surface area contributed by atoms with E-state index in [1.165, 1.54) is 17.7 Å². The number of hydrogen-bond acceptors (Lipinski definition) is 1. The molecule has 0 bridgehead atoms. The van der Waals surface area contributed by atoms with Gasteiger partial charge in [-0.2, -0.15) is 8.78 Å². The third-order valence-corrected chi connectivity index (χ3v) is 3.27. The highest BCUT2D eigenvalue weighted by Crippen LogP contribution is 2.27. The number of halogens is 3. The molecule has 0 aliphatic heterocycles. The molecule has 0 heterocycles. The van der Waals surface area contributed by atoms with E-state index in [-0.39, 0.29) is 0 Å². The van der Waals surface area contributed by atoms with Crippen molar-refractivity contribution in [1.82, 2.24) is 0 Å². The number of alkyl halides is 2. The minimum Gasteiger partial charge on any atom is -0.432 e. The monoisotopic (exact) mass is 306 g/mol. The van der Waals surface area contributed by atoms with Crippen LogP contribution >= 0.6 is 0 Å². The zero-order valence-electron chi connectivity index (χ0n) is 12.2. The molecule has 4 heteroatoms. The summed E-state index contributed by atoms with van der Waals surface area (Å²) >= 11 is 0. The smallest absolute Gasteiger partial charge is 0.387 e. The van der Waals surface area contributed by atoms with Gasteiger partial charge in [0, 0.05) is 0 Å². The molecule has 0 unspecified atom stereocenters. The van der Waals surface area contributed by atoms with Crippen molar-refractivity contribution in [1.29, 1.82) is 0 Å². The van der Waals surface area contributed by atoms with Gasteiger partial charge in [0.25, 0.3) is 0 Å². The van der Waals surface area contributed by atoms with E-state index in [1.807, 2.05) is 37.3 Å². The van der Waals surface area contributed by atoms with Crippen molar-refractivity contribution in [2.24, 2.45) is 0 Å². The Bertz CT molecular complexity index is 633. The highest BCUT2D eigenvalue weighted by Gasteiger charge is 2.10. The average molecular weight is 306 g/mol. The second kappa shape index (κ2) is 7.69. The van der Waals surface area contributed by atoms with Gasteiger partial charge in [-0.3, -0.25) is 0 Å². The molecular formula is C18H17F3O. The Morgan fingerprint density at radius 3 is 2.32 bits per heavy atom. The van der Waals surface area contributed by atoms with Crippen LogP contribution in [0, 0.1) is 5.82 Å². The highest BCUT2D eigenvalue weighted by atomic mass is 19.3. The molecule has 0 spiro atoms. The maximum Gasteiger partial charge on any atom is 0.387 e. The molecule has 2 aromatic carbocycles. The van der Waals surface area contributed by atoms with Crippen molar-refractivity contribution >= 4 is 0 Å². The van der Waals surface area contributed by atoms with Crippen LogP contribution in [0.1, 0.15) is 18.9 Å². The van der Waals surface area contributed by atoms with E-state index >= 15 is 0 Å². The Kier molecular flexibility index (Phi) is 5.64. The van der Waals surface area contributed by atoms with Crippen LogP contribution in [0.2, 0.25) is 0 Å². The van der Waals surface area contributed by atoms with Crippen molar-refractivity contribution < 1.29 is 17.9 Å². The molecule has 22 heavy (non-hydrogen) atoms. The molecule has 0 amide bonds. The first-order valence-electron chi connectivity index (χ1n) is 7.05. The Balaban J connectivity index is 2.12. The van der Waals surface area contributed by atoms with Crippen LogP contribution in [0.3, 0.4) is 0 Å². The normalized spacial score (nSPS) is 11.3. The van der Waals surface area contributed by atoms with Gasteiger partial charge in [0.2, 0.25) is 0 Å². The lowest BCUT2D eigenvalue weighted by Crippen LogP contribution is -2.03. The Morgan fingerprint density at radius 2 is 1.73 bits per heavy atom. The van der Waals surface area contributed by atoms with Crippen LogP contribution in [0.5, 0.6) is 5.75 Å². The molecule has 0 saturated heterocycles. The van der Waals surface area contributed by atoms with Crippen LogP contribution < -0.4 is 4.74 Å². The van der Waals surface area contributed by atoms with Crippen LogP contribution in [0.4, 0.5) is 13.2 Å². The number of ether oxygens (including phenoxy) is 1. The fraction of sp³-hybridized carbons (Fsp3) is 0.222. The van der Waals surface area contributed by atoms with E-state index in [2.05, 4.69) is 10.8 Å². The topological polar surface area (TPSA) is 9.23 Å². The van der Waals surface area contributed by atoms with Crippen LogP contribution in [-0.2, 0) is 6.42 Å². The molecule has 0 N–H and O–H groups in total. The predicted octanol–water partition coefficient (Wildman–Crippen LogP) is 5.60. The summed E-state index contributed by atoms with van der Waals surface area (Å²) in [5, 5.41) is 0. The molecule has 0 aliphatic carbocycles. The van der Waals surface area contributed by atoms with Crippen molar-refractivity contribution in [2.45, 2.75) is 26.4 Å². The Hall–Kier alpha value is -2.23. The Labute approximate surface area is 128 Å². The first kappa shape index (κ1) is 16.1. The van der Waals surface area contributed by atoms with Crippen molar-refractivity contribution in [3.63, 3.8) is 0 Å². The lowest BCUT2D eigenvalue weighted by Gasteiger charge is -2.08. The van der Waals surface area contributed by atoms with E-state index in [4.69, 9.17) is 0 Å². The van der Waals surface area contributed by atoms with E-state index in [9.17, 15) is 13.2 Å². The molecule has 0 atom stereocenters. The number of allylic oxidation sites excluding steroid dienone is 2. The number of rotatable bonds is 6. The predicted molar refractivity (Wildman–Crippen MR) is 81.6 cm³/mol. The maximum absolute atomic E-state index is 13.7. The summed E-state index contributed by atoms with van der Waals surface area (Å²) < 4.78 is 42.0. The van der Waals surface area contributed by atoms with Crippen LogP contribution in [0.15, 0.2) is 54.6 Å². The van der Waals surface area contributed by atoms with Gasteiger partial charge < -0.3 is 4.74 Å². The molecule has 2 rings (SSSR count). The van der Waals surface area contributed by atoms with E-state index in [0.717, 1.165) is 18.4 Å². The van der Waals surface area contributed by atoms with Gasteiger partial charge in [0.1, 0.15) is 0 Å². The number of hydrogen-bond donors (Lipinski definition) is 0. The quantitative estimate of drug-likeness (QED) is 0.631. The molecule has 0 fully saturated rings. The molecule has 116 valence electrons. The summed E-state index contributed by atoms with van der Waals surface area (Å²) in [6, 6.07) is 11.8. The second-order valence-electron chi connectivity index (χ2n) is 4.83. The lowest BCUT2D eigenvalue weighted by molar-refractivity contribution is -0.0521. The zero-order chi connectivity index (χ0) is 15.9. The molecule has 0 radical (unpaired) electrons. The van der Waals surface area contributed by atoms with Gasteiger partial charge in [0.15, 0.2) is 11.6 Å². The highest BCUT2D eigenvalue weighted by molar-refractivity contribution is 5.64. The fourth-order valence-electron chi connectivity index (χ4n) is 2.15. The summed E-state index contributed by atoms with van der Waals surface area (Å²) in [7, 11) is 0. The van der Waals surface area contributed by atoms with Crippen LogP contribution in [-0.4, -0.2) is 6.61 Å². The molecule has 0 aliphatic rings. The number of aryl methyl sites for hydroxylation is 1. The minimum absolute atomic E-state index is 0.443. The third kappa shape index (κ3) is 4.38. The SMILES string of the molecule is CC=CCCc1ccc(-c2ccc(OC(F)F)c(F)c2)cc1. The average Bonchev–Trinajstić information content (AvgIpc) is 2.50. The summed E-state index contributed by atoms with van der Waals surface area (Å²) in [5.41, 5.74) is 2.65. The van der Waals surface area contributed by atoms with Crippen LogP contribution in [0.25, 0.3) is 11.1 Å². The molecule has 1 nitrogen and oxygen atoms in total. The zero-order valence-corrected chi connectivity index (χ0v) is 12.2. The van der Waals surface area contributed by atoms with Crippen molar-refractivity contribution in [3.05, 3.63) is 66.0 Å². The summed E-state index contributed by atoms with van der Waals surface area (Å²) in [5.74, 6) is -1.24. The Morgan fingerprint density at radius 1 is 1.05 bits per heavy atom. The summed E-state index contributed by atoms with van der Waals surface area (Å²) in [4.78, 5) is 0. The van der Waals surface area contributed by atoms with Gasteiger partial charge in [-0.25, -0.2) is 4.39 Å².